The van der Waals surface area contributed by atoms with Crippen LogP contribution < -0.4 is 0 Å². The molecule has 0 radical (unpaired) electrons. The summed E-state index contributed by atoms with van der Waals surface area (Å²) in [6.07, 6.45) is 5.90. The molecule has 0 spiro atoms. The average Bonchev–Trinajstić information content (AvgIpc) is 2.41. The molecule has 2 aliphatic rings. The summed E-state index contributed by atoms with van der Waals surface area (Å²) in [5.41, 5.74) is 0. The van der Waals surface area contributed by atoms with Crippen LogP contribution in [0.3, 0.4) is 0 Å². The topological polar surface area (TPSA) is 74.6 Å². The predicted octanol–water partition coefficient (Wildman–Crippen LogP) is 0.671. The maximum atomic E-state index is 9.22. The Labute approximate surface area is 78.7 Å². The molecule has 2 N–H and O–H groups in total. The van der Waals surface area contributed by atoms with Crippen molar-refractivity contribution >= 4 is 10.1 Å². The zero-order valence-corrected chi connectivity index (χ0v) is 8.50. The highest BCUT2D eigenvalue weighted by Crippen LogP contribution is 2.44. The molecule has 3 atom stereocenters. The van der Waals surface area contributed by atoms with Gasteiger partial charge in [0.25, 0.3) is 10.1 Å². The van der Waals surface area contributed by atoms with Crippen molar-refractivity contribution in [2.45, 2.75) is 31.8 Å². The number of fused-ring (bicyclic) bond motifs is 2. The Kier molecular flexibility index (Phi) is 3.32. The summed E-state index contributed by atoms with van der Waals surface area (Å²) in [4.78, 5) is 0. The maximum absolute atomic E-state index is 9.22. The molecule has 3 unspecified atom stereocenters. The third-order valence-electron chi connectivity index (χ3n) is 2.70. The lowest BCUT2D eigenvalue weighted by Gasteiger charge is -2.14. The zero-order chi connectivity index (χ0) is 10.1. The lowest BCUT2D eigenvalue weighted by atomic mass is 9.98. The Morgan fingerprint density at radius 1 is 1.23 bits per heavy atom. The molecule has 0 aromatic carbocycles. The van der Waals surface area contributed by atoms with Crippen LogP contribution in [-0.4, -0.2) is 30.4 Å². The second kappa shape index (κ2) is 3.94. The van der Waals surface area contributed by atoms with Gasteiger partial charge in [-0.2, -0.15) is 8.42 Å². The molecule has 2 saturated carbocycles. The van der Waals surface area contributed by atoms with Crippen LogP contribution in [-0.2, 0) is 10.1 Å². The number of aliphatic hydroxyl groups is 1. The quantitative estimate of drug-likeness (QED) is 0.574. The molecule has 2 rings (SSSR count). The van der Waals surface area contributed by atoms with Crippen molar-refractivity contribution in [3.05, 3.63) is 0 Å². The molecular formula is C8H16O4S. The second-order valence-electron chi connectivity index (χ2n) is 3.98. The van der Waals surface area contributed by atoms with Crippen molar-refractivity contribution in [1.82, 2.24) is 0 Å². The van der Waals surface area contributed by atoms with Gasteiger partial charge in [-0.25, -0.2) is 0 Å². The first kappa shape index (κ1) is 10.9. The highest BCUT2D eigenvalue weighted by molar-refractivity contribution is 7.85. The van der Waals surface area contributed by atoms with Crippen LogP contribution in [0.15, 0.2) is 0 Å². The highest BCUT2D eigenvalue weighted by atomic mass is 32.2. The molecule has 4 nitrogen and oxygen atoms in total. The van der Waals surface area contributed by atoms with Crippen LogP contribution in [0.4, 0.5) is 0 Å². The van der Waals surface area contributed by atoms with Crippen molar-refractivity contribution in [2.75, 3.05) is 6.26 Å². The Morgan fingerprint density at radius 2 is 1.77 bits per heavy atom. The molecular weight excluding hydrogens is 192 g/mol. The molecule has 78 valence electrons. The summed E-state index contributed by atoms with van der Waals surface area (Å²) in [6, 6.07) is 0. The Hall–Kier alpha value is -0.130. The van der Waals surface area contributed by atoms with E-state index in [0.29, 0.717) is 12.2 Å². The summed E-state index contributed by atoms with van der Waals surface area (Å²) in [7, 11) is -3.67. The third-order valence-corrected chi connectivity index (χ3v) is 2.70. The van der Waals surface area contributed by atoms with Crippen LogP contribution in [0.5, 0.6) is 0 Å². The predicted molar refractivity (Wildman–Crippen MR) is 48.9 cm³/mol. The summed E-state index contributed by atoms with van der Waals surface area (Å²) < 4.78 is 25.9. The van der Waals surface area contributed by atoms with Gasteiger partial charge in [0.05, 0.1) is 12.4 Å². The molecule has 13 heavy (non-hydrogen) atoms. The van der Waals surface area contributed by atoms with Gasteiger partial charge in [0.2, 0.25) is 0 Å². The molecule has 2 aliphatic carbocycles. The van der Waals surface area contributed by atoms with Crippen molar-refractivity contribution in [3.63, 3.8) is 0 Å². The van der Waals surface area contributed by atoms with Gasteiger partial charge >= 0.3 is 0 Å². The minimum atomic E-state index is -3.67. The van der Waals surface area contributed by atoms with Gasteiger partial charge in [-0.05, 0) is 37.5 Å². The standard InChI is InChI=1S/C7H12O.CH4O3S/c8-7-4-5-1-2-6(7)3-5;1-5(2,3)4/h5-8H,1-4H2;1H3,(H,2,3,4). The Morgan fingerprint density at radius 3 is 1.92 bits per heavy atom. The Balaban J connectivity index is 0.000000149. The lowest BCUT2D eigenvalue weighted by molar-refractivity contribution is 0.113. The SMILES string of the molecule is CS(=O)(=O)O.OC1CC2CCC1C2. The summed E-state index contributed by atoms with van der Waals surface area (Å²) in [6.45, 7) is 0. The van der Waals surface area contributed by atoms with Gasteiger partial charge < -0.3 is 5.11 Å². The maximum Gasteiger partial charge on any atom is 0.261 e. The number of rotatable bonds is 0. The molecule has 0 aromatic rings. The van der Waals surface area contributed by atoms with E-state index in [1.807, 2.05) is 0 Å². The van der Waals surface area contributed by atoms with Gasteiger partial charge in [-0.1, -0.05) is 0 Å². The molecule has 0 aromatic heterocycles. The van der Waals surface area contributed by atoms with E-state index in [0.717, 1.165) is 12.3 Å². The van der Waals surface area contributed by atoms with Gasteiger partial charge in [0, 0.05) is 0 Å². The van der Waals surface area contributed by atoms with Crippen molar-refractivity contribution in [1.29, 1.82) is 0 Å². The number of hydrogen-bond acceptors (Lipinski definition) is 3. The van der Waals surface area contributed by atoms with E-state index in [2.05, 4.69) is 0 Å². The van der Waals surface area contributed by atoms with Gasteiger partial charge in [0.1, 0.15) is 0 Å². The summed E-state index contributed by atoms with van der Waals surface area (Å²) >= 11 is 0. The van der Waals surface area contributed by atoms with E-state index in [9.17, 15) is 13.5 Å². The highest BCUT2D eigenvalue weighted by Gasteiger charge is 2.38. The van der Waals surface area contributed by atoms with E-state index in [-0.39, 0.29) is 6.10 Å². The van der Waals surface area contributed by atoms with E-state index in [1.165, 1.54) is 19.3 Å². The van der Waals surface area contributed by atoms with Crippen LogP contribution in [0.2, 0.25) is 0 Å². The fourth-order valence-corrected chi connectivity index (χ4v) is 2.21. The van der Waals surface area contributed by atoms with Crippen LogP contribution in [0, 0.1) is 11.8 Å². The fourth-order valence-electron chi connectivity index (χ4n) is 2.21. The Bertz CT molecular complexity index is 249. The van der Waals surface area contributed by atoms with Crippen LogP contribution >= 0.6 is 0 Å². The fraction of sp³-hybridized carbons (Fsp3) is 1.00. The summed E-state index contributed by atoms with van der Waals surface area (Å²) in [5.74, 6) is 1.59. The van der Waals surface area contributed by atoms with Gasteiger partial charge in [-0.3, -0.25) is 4.55 Å². The van der Waals surface area contributed by atoms with Crippen LogP contribution in [0.25, 0.3) is 0 Å². The average molecular weight is 208 g/mol. The molecule has 0 aliphatic heterocycles. The van der Waals surface area contributed by atoms with Gasteiger partial charge in [-0.15, -0.1) is 0 Å². The smallest absolute Gasteiger partial charge is 0.261 e. The lowest BCUT2D eigenvalue weighted by Crippen LogP contribution is -2.14. The monoisotopic (exact) mass is 208 g/mol. The minimum Gasteiger partial charge on any atom is -0.393 e. The van der Waals surface area contributed by atoms with Crippen molar-refractivity contribution in [3.8, 4) is 0 Å². The van der Waals surface area contributed by atoms with E-state index >= 15 is 0 Å². The molecule has 0 amide bonds. The third kappa shape index (κ3) is 4.06. The van der Waals surface area contributed by atoms with Crippen LogP contribution in [0.1, 0.15) is 25.7 Å². The van der Waals surface area contributed by atoms with Crippen molar-refractivity contribution in [2.24, 2.45) is 11.8 Å². The normalized spacial score (nSPS) is 37.0. The van der Waals surface area contributed by atoms with E-state index < -0.39 is 10.1 Å². The molecule has 2 fully saturated rings. The van der Waals surface area contributed by atoms with E-state index in [1.54, 1.807) is 0 Å². The molecule has 5 heteroatoms. The first-order valence-corrected chi connectivity index (χ1v) is 6.31. The number of hydrogen-bond donors (Lipinski definition) is 2. The van der Waals surface area contributed by atoms with Crippen molar-refractivity contribution < 1.29 is 18.1 Å². The summed E-state index contributed by atoms with van der Waals surface area (Å²) in [5, 5.41) is 9.22. The van der Waals surface area contributed by atoms with E-state index in [4.69, 9.17) is 4.55 Å². The molecule has 0 heterocycles. The number of aliphatic hydroxyl groups excluding tert-OH is 1. The minimum absolute atomic E-state index is 0.0775. The molecule has 0 saturated heterocycles. The first-order chi connectivity index (χ1) is 5.86. The first-order valence-electron chi connectivity index (χ1n) is 4.47. The second-order valence-corrected chi connectivity index (χ2v) is 5.44. The largest absolute Gasteiger partial charge is 0.393 e. The zero-order valence-electron chi connectivity index (χ0n) is 7.68. The van der Waals surface area contributed by atoms with Gasteiger partial charge in [0.15, 0.2) is 0 Å². The molecule has 2 bridgehead atoms.